The fourth-order valence-corrected chi connectivity index (χ4v) is 2.99. The summed E-state index contributed by atoms with van der Waals surface area (Å²) >= 11 is 0. The number of hydrogen-bond donors (Lipinski definition) is 0. The van der Waals surface area contributed by atoms with Crippen LogP contribution in [0.5, 0.6) is 0 Å². The average Bonchev–Trinajstić information content (AvgIpc) is 2.83. The Morgan fingerprint density at radius 3 is 1.70 bits per heavy atom. The van der Waals surface area contributed by atoms with E-state index in [1.165, 1.54) is 39.3 Å². The van der Waals surface area contributed by atoms with E-state index in [1.54, 1.807) is 12.1 Å². The van der Waals surface area contributed by atoms with Gasteiger partial charge in [0.15, 0.2) is 0 Å². The van der Waals surface area contributed by atoms with E-state index in [2.05, 4.69) is 58.9 Å². The maximum Gasteiger partial charge on any atom is 2.00 e. The molecule has 4 heteroatoms. The molecule has 3 rings (SSSR count). The first-order chi connectivity index (χ1) is 11.4. The number of allylic oxidation sites excluding steroid dienone is 4. The molecule has 0 spiro atoms. The number of benzene rings is 2. The maximum absolute atomic E-state index is 7.00. The van der Waals surface area contributed by atoms with E-state index in [1.807, 2.05) is 18.2 Å². The molecule has 0 unspecified atom stereocenters. The van der Waals surface area contributed by atoms with Gasteiger partial charge in [0.25, 0.3) is 0 Å². The van der Waals surface area contributed by atoms with Gasteiger partial charge in [-0.15, -0.1) is 48.2 Å². The summed E-state index contributed by atoms with van der Waals surface area (Å²) in [6.07, 6.45) is 1.11. The Balaban J connectivity index is 0. The third-order valence-electron chi connectivity index (χ3n) is 4.66. The summed E-state index contributed by atoms with van der Waals surface area (Å²) < 4.78 is 0. The second-order valence-corrected chi connectivity index (χ2v) is 6.60. The Hall–Kier alpha value is -1.12. The van der Waals surface area contributed by atoms with E-state index in [0.29, 0.717) is 5.69 Å². The van der Waals surface area contributed by atoms with Crippen LogP contribution in [-0.2, 0) is 21.7 Å². The molecule has 1 aliphatic rings. The molecule has 1 aliphatic carbocycles. The van der Waals surface area contributed by atoms with Crippen molar-refractivity contribution in [1.82, 2.24) is 0 Å². The molecule has 0 radical (unpaired) electrons. The molecule has 27 heavy (non-hydrogen) atoms. The van der Waals surface area contributed by atoms with E-state index in [9.17, 15) is 0 Å². The predicted molar refractivity (Wildman–Crippen MR) is 121 cm³/mol. The standard InChI is InChI=1S/C17H21.C6H6N.2ClH.Ti/c1-11(2)15-8-6-7-9-16(15)17-10-12(3)13(4)14(17)5;7-6-4-2-1-3-5-6;;;/h6-9H,10H2,1-5H3;1-5,7H;2*1H;/q2*-1;;;+2. The van der Waals surface area contributed by atoms with Crippen LogP contribution < -0.4 is 0 Å². The summed E-state index contributed by atoms with van der Waals surface area (Å²) in [5.41, 5.74) is 16.3. The molecule has 0 amide bonds. The largest absolute Gasteiger partial charge is 2.00 e. The van der Waals surface area contributed by atoms with Gasteiger partial charge in [-0.2, -0.15) is 17.5 Å². The Morgan fingerprint density at radius 2 is 1.30 bits per heavy atom. The van der Waals surface area contributed by atoms with Gasteiger partial charge in [-0.1, -0.05) is 67.0 Å². The normalized spacial score (nSPS) is 12.2. The first-order valence-corrected chi connectivity index (χ1v) is 8.45. The van der Waals surface area contributed by atoms with Gasteiger partial charge in [0.1, 0.15) is 0 Å². The third kappa shape index (κ3) is 7.43. The van der Waals surface area contributed by atoms with E-state index in [0.717, 1.165) is 6.42 Å². The summed E-state index contributed by atoms with van der Waals surface area (Å²) in [6, 6.07) is 17.9. The van der Waals surface area contributed by atoms with Crippen molar-refractivity contribution < 1.29 is 21.7 Å². The topological polar surface area (TPSA) is 23.8 Å². The van der Waals surface area contributed by atoms with E-state index in [-0.39, 0.29) is 46.5 Å². The Labute approximate surface area is 192 Å². The summed E-state index contributed by atoms with van der Waals surface area (Å²) in [4.78, 5) is 0. The second-order valence-electron chi connectivity index (χ2n) is 6.60. The van der Waals surface area contributed by atoms with Crippen LogP contribution >= 0.6 is 24.8 Å². The Morgan fingerprint density at radius 1 is 0.778 bits per heavy atom. The molecule has 1 nitrogen and oxygen atoms in total. The zero-order valence-corrected chi connectivity index (χ0v) is 19.9. The van der Waals surface area contributed by atoms with Crippen molar-refractivity contribution in [3.63, 3.8) is 0 Å². The van der Waals surface area contributed by atoms with Gasteiger partial charge in [0, 0.05) is 0 Å². The smallest absolute Gasteiger partial charge is 0.699 e. The van der Waals surface area contributed by atoms with Crippen molar-refractivity contribution >= 4 is 36.1 Å². The van der Waals surface area contributed by atoms with Gasteiger partial charge < -0.3 is 5.73 Å². The monoisotopic (exact) mass is 437 g/mol. The fraction of sp³-hybridized carbons (Fsp3) is 0.261. The maximum atomic E-state index is 7.00. The van der Waals surface area contributed by atoms with Crippen molar-refractivity contribution in [2.24, 2.45) is 0 Å². The molecule has 0 fully saturated rings. The fourth-order valence-electron chi connectivity index (χ4n) is 2.99. The van der Waals surface area contributed by atoms with Crippen LogP contribution in [0.2, 0.25) is 0 Å². The Bertz CT molecular complexity index is 765. The number of nitrogens with one attached hydrogen (secondary N) is 1. The van der Waals surface area contributed by atoms with Crippen LogP contribution in [-0.4, -0.2) is 0 Å². The average molecular weight is 438 g/mol. The molecular formula is C23H29Cl2NTi. The summed E-state index contributed by atoms with van der Waals surface area (Å²) in [6.45, 7) is 11.1. The van der Waals surface area contributed by atoms with Crippen LogP contribution in [0, 0.1) is 5.92 Å². The molecule has 0 atom stereocenters. The van der Waals surface area contributed by atoms with Gasteiger partial charge in [0.05, 0.1) is 0 Å². The third-order valence-corrected chi connectivity index (χ3v) is 4.66. The SMILES string of the molecule is CC1=C(C)C(C)=C(c2ccccc2[C-](C)C)C1.Cl.Cl.[NH-]c1ccccc1.[Ti+2]. The van der Waals surface area contributed by atoms with Gasteiger partial charge in [-0.3, -0.25) is 0 Å². The molecule has 0 saturated carbocycles. The molecule has 2 aromatic carbocycles. The zero-order valence-electron chi connectivity index (χ0n) is 16.7. The predicted octanol–water partition coefficient (Wildman–Crippen LogP) is 8.37. The zero-order chi connectivity index (χ0) is 17.7. The number of hydrogen-bond acceptors (Lipinski definition) is 0. The molecule has 0 saturated heterocycles. The van der Waals surface area contributed by atoms with E-state index < -0.39 is 0 Å². The van der Waals surface area contributed by atoms with Crippen LogP contribution in [0.1, 0.15) is 52.2 Å². The van der Waals surface area contributed by atoms with Crippen molar-refractivity contribution in [3.8, 4) is 0 Å². The molecular weight excluding hydrogens is 409 g/mol. The molecule has 1 N–H and O–H groups in total. The van der Waals surface area contributed by atoms with Crippen LogP contribution in [0.15, 0.2) is 71.3 Å². The summed E-state index contributed by atoms with van der Waals surface area (Å²) in [5.74, 6) is 1.39. The van der Waals surface area contributed by atoms with Gasteiger partial charge in [-0.25, -0.2) is 0 Å². The van der Waals surface area contributed by atoms with Crippen molar-refractivity contribution in [2.45, 2.75) is 41.0 Å². The quantitative estimate of drug-likeness (QED) is 0.332. The van der Waals surface area contributed by atoms with Crippen molar-refractivity contribution in [1.29, 1.82) is 0 Å². The van der Waals surface area contributed by atoms with E-state index >= 15 is 0 Å². The Kier molecular flexibility index (Phi) is 13.7. The minimum Gasteiger partial charge on any atom is -0.699 e. The molecule has 144 valence electrons. The van der Waals surface area contributed by atoms with Gasteiger partial charge >= 0.3 is 21.7 Å². The summed E-state index contributed by atoms with van der Waals surface area (Å²) in [5, 5.41) is 0. The summed E-state index contributed by atoms with van der Waals surface area (Å²) in [7, 11) is 0. The van der Waals surface area contributed by atoms with Crippen LogP contribution in [0.25, 0.3) is 11.3 Å². The first-order valence-electron chi connectivity index (χ1n) is 8.45. The molecule has 0 aliphatic heterocycles. The molecule has 0 bridgehead atoms. The molecule has 0 heterocycles. The minimum absolute atomic E-state index is 0. The van der Waals surface area contributed by atoms with Gasteiger partial charge in [-0.05, 0) is 32.8 Å². The minimum atomic E-state index is 0. The second kappa shape index (κ2) is 13.1. The molecule has 0 aromatic heterocycles. The van der Waals surface area contributed by atoms with E-state index in [4.69, 9.17) is 5.73 Å². The van der Waals surface area contributed by atoms with Gasteiger partial charge in [0.2, 0.25) is 0 Å². The number of halogens is 2. The van der Waals surface area contributed by atoms with Crippen molar-refractivity contribution in [2.75, 3.05) is 0 Å². The van der Waals surface area contributed by atoms with Crippen LogP contribution in [0.3, 0.4) is 0 Å². The number of rotatable bonds is 2. The van der Waals surface area contributed by atoms with Crippen LogP contribution in [0.4, 0.5) is 5.69 Å². The first kappa shape index (κ1) is 28.1. The van der Waals surface area contributed by atoms with Crippen molar-refractivity contribution in [3.05, 3.63) is 94.1 Å². The molecule has 2 aromatic rings.